The highest BCUT2D eigenvalue weighted by molar-refractivity contribution is 7.16. The maximum absolute atomic E-state index is 14.0. The summed E-state index contributed by atoms with van der Waals surface area (Å²) in [4.78, 5) is 28.5. The third kappa shape index (κ3) is 4.47. The van der Waals surface area contributed by atoms with E-state index in [-0.39, 0.29) is 16.5 Å². The number of rotatable bonds is 7. The summed E-state index contributed by atoms with van der Waals surface area (Å²) < 4.78 is 16.7. The summed E-state index contributed by atoms with van der Waals surface area (Å²) >= 11 is 1.20. The number of anilines is 1. The summed E-state index contributed by atoms with van der Waals surface area (Å²) in [6, 6.07) is 12.4. The van der Waals surface area contributed by atoms with Crippen molar-refractivity contribution >= 4 is 33.0 Å². The molecule has 0 radical (unpaired) electrons. The predicted molar refractivity (Wildman–Crippen MR) is 120 cm³/mol. The monoisotopic (exact) mass is 427 g/mol. The molecule has 30 heavy (non-hydrogen) atoms. The van der Waals surface area contributed by atoms with Gasteiger partial charge in [-0.1, -0.05) is 23.5 Å². The number of Topliss-reactive ketones (excluding diaryl/α,β-unsaturated/α-hetero) is 1. The van der Waals surface area contributed by atoms with Crippen LogP contribution in [0.5, 0.6) is 0 Å². The van der Waals surface area contributed by atoms with Crippen molar-refractivity contribution in [1.82, 2.24) is 9.47 Å². The molecule has 1 fully saturated rings. The maximum atomic E-state index is 14.0. The van der Waals surface area contributed by atoms with Crippen LogP contribution in [0.3, 0.4) is 0 Å². The number of para-hydroxylation sites is 1. The highest BCUT2D eigenvalue weighted by atomic mass is 32.1. The van der Waals surface area contributed by atoms with Crippen molar-refractivity contribution in [3.05, 3.63) is 63.5 Å². The van der Waals surface area contributed by atoms with Crippen LogP contribution in [0.4, 0.5) is 10.1 Å². The van der Waals surface area contributed by atoms with Crippen LogP contribution in [0.25, 0.3) is 10.2 Å². The van der Waals surface area contributed by atoms with Gasteiger partial charge in [-0.15, -0.1) is 0 Å². The molecule has 0 aliphatic carbocycles. The number of piperazine rings is 1. The van der Waals surface area contributed by atoms with Gasteiger partial charge in [0, 0.05) is 38.3 Å². The molecule has 1 aliphatic heterocycles. The Bertz CT molecular complexity index is 1100. The van der Waals surface area contributed by atoms with Crippen molar-refractivity contribution < 1.29 is 9.18 Å². The number of benzene rings is 2. The molecule has 0 atom stereocenters. The molecule has 0 unspecified atom stereocenters. The summed E-state index contributed by atoms with van der Waals surface area (Å²) in [6.45, 7) is 6.70. The van der Waals surface area contributed by atoms with Gasteiger partial charge in [0.25, 0.3) is 0 Å². The van der Waals surface area contributed by atoms with E-state index in [2.05, 4.69) is 9.80 Å². The van der Waals surface area contributed by atoms with Crippen molar-refractivity contribution in [3.63, 3.8) is 0 Å². The fourth-order valence-electron chi connectivity index (χ4n) is 4.02. The minimum absolute atomic E-state index is 0.0133. The van der Waals surface area contributed by atoms with Gasteiger partial charge in [0.2, 0.25) is 0 Å². The highest BCUT2D eigenvalue weighted by Gasteiger charge is 2.19. The minimum Gasteiger partial charge on any atom is -0.367 e. The average molecular weight is 428 g/mol. The van der Waals surface area contributed by atoms with Crippen molar-refractivity contribution in [3.8, 4) is 0 Å². The zero-order valence-corrected chi connectivity index (χ0v) is 18.0. The van der Waals surface area contributed by atoms with E-state index in [1.807, 2.05) is 28.8 Å². The van der Waals surface area contributed by atoms with Crippen LogP contribution in [0, 0.1) is 5.82 Å². The van der Waals surface area contributed by atoms with Gasteiger partial charge in [-0.25, -0.2) is 4.39 Å². The molecule has 2 aromatic carbocycles. The molecule has 3 aromatic rings. The maximum Gasteiger partial charge on any atom is 0.308 e. The van der Waals surface area contributed by atoms with Gasteiger partial charge < -0.3 is 4.90 Å². The summed E-state index contributed by atoms with van der Waals surface area (Å²) in [5, 5.41) is 0. The topological polar surface area (TPSA) is 45.6 Å². The van der Waals surface area contributed by atoms with Crippen LogP contribution in [0.15, 0.2) is 47.3 Å². The Morgan fingerprint density at radius 2 is 1.77 bits per heavy atom. The number of unbranched alkanes of at least 4 members (excludes halogenated alkanes) is 1. The van der Waals surface area contributed by atoms with Gasteiger partial charge in [0.05, 0.1) is 15.9 Å². The largest absolute Gasteiger partial charge is 0.367 e. The van der Waals surface area contributed by atoms with Gasteiger partial charge >= 0.3 is 4.87 Å². The first kappa shape index (κ1) is 20.8. The molecule has 1 saturated heterocycles. The van der Waals surface area contributed by atoms with E-state index in [0.717, 1.165) is 55.8 Å². The Kier molecular flexibility index (Phi) is 6.29. The molecule has 2 heterocycles. The van der Waals surface area contributed by atoms with Crippen molar-refractivity contribution in [2.45, 2.75) is 26.3 Å². The fraction of sp³-hybridized carbons (Fsp3) is 0.391. The zero-order valence-electron chi connectivity index (χ0n) is 17.1. The van der Waals surface area contributed by atoms with Crippen LogP contribution in [0.1, 0.15) is 30.1 Å². The Labute approximate surface area is 179 Å². The van der Waals surface area contributed by atoms with E-state index in [9.17, 15) is 14.0 Å². The number of aryl methyl sites for hydroxylation is 1. The van der Waals surface area contributed by atoms with Gasteiger partial charge in [-0.2, -0.15) is 0 Å². The summed E-state index contributed by atoms with van der Waals surface area (Å²) in [7, 11) is 0. The number of nitrogens with zero attached hydrogens (tertiary/aromatic N) is 3. The van der Waals surface area contributed by atoms with Crippen molar-refractivity contribution in [1.29, 1.82) is 0 Å². The molecular weight excluding hydrogens is 401 g/mol. The normalized spacial score (nSPS) is 15.1. The number of carbonyl (C=O) groups is 1. The Morgan fingerprint density at radius 1 is 1.03 bits per heavy atom. The molecule has 0 amide bonds. The van der Waals surface area contributed by atoms with E-state index in [1.54, 1.807) is 12.1 Å². The number of thiazole rings is 1. The lowest BCUT2D eigenvalue weighted by Gasteiger charge is -2.36. The second kappa shape index (κ2) is 9.10. The lowest BCUT2D eigenvalue weighted by atomic mass is 10.1. The summed E-state index contributed by atoms with van der Waals surface area (Å²) in [6.07, 6.45) is 1.93. The summed E-state index contributed by atoms with van der Waals surface area (Å²) in [5.74, 6) is -0.144. The molecule has 158 valence electrons. The highest BCUT2D eigenvalue weighted by Crippen LogP contribution is 2.21. The Balaban J connectivity index is 1.27. The lowest BCUT2D eigenvalue weighted by molar-refractivity contribution is 0.101. The quantitative estimate of drug-likeness (QED) is 0.422. The molecule has 1 aromatic heterocycles. The average Bonchev–Trinajstić information content (AvgIpc) is 3.06. The first-order valence-electron chi connectivity index (χ1n) is 10.4. The number of halogens is 1. The SMILES string of the molecule is CC(=O)c1ccc2c(c1)sc(=O)n2CCCCN1CCN(c2ccccc2F)CC1. The first-order valence-corrected chi connectivity index (χ1v) is 11.2. The second-order valence-electron chi connectivity index (χ2n) is 7.75. The molecule has 4 rings (SSSR count). The van der Waals surface area contributed by atoms with Gasteiger partial charge in [-0.3, -0.25) is 19.1 Å². The molecule has 5 nitrogen and oxygen atoms in total. The number of carbonyl (C=O) groups excluding carboxylic acids is 1. The third-order valence-electron chi connectivity index (χ3n) is 5.75. The summed E-state index contributed by atoms with van der Waals surface area (Å²) in [5.41, 5.74) is 2.24. The van der Waals surface area contributed by atoms with Gasteiger partial charge in [0.1, 0.15) is 5.82 Å². The van der Waals surface area contributed by atoms with Crippen molar-refractivity contribution in [2.75, 3.05) is 37.6 Å². The van der Waals surface area contributed by atoms with Crippen LogP contribution in [-0.4, -0.2) is 48.0 Å². The van der Waals surface area contributed by atoms with Gasteiger partial charge in [0.15, 0.2) is 5.78 Å². The van der Waals surface area contributed by atoms with Crippen molar-refractivity contribution in [2.24, 2.45) is 0 Å². The van der Waals surface area contributed by atoms with E-state index in [1.165, 1.54) is 24.3 Å². The Morgan fingerprint density at radius 3 is 2.50 bits per heavy atom. The number of aromatic nitrogens is 1. The molecule has 7 heteroatoms. The molecule has 0 bridgehead atoms. The van der Waals surface area contributed by atoms with E-state index < -0.39 is 0 Å². The van der Waals surface area contributed by atoms with Crippen LogP contribution >= 0.6 is 11.3 Å². The minimum atomic E-state index is -0.158. The van der Waals surface area contributed by atoms with Crippen LogP contribution in [0.2, 0.25) is 0 Å². The second-order valence-corrected chi connectivity index (χ2v) is 8.74. The molecule has 0 N–H and O–H groups in total. The molecule has 1 aliphatic rings. The van der Waals surface area contributed by atoms with E-state index >= 15 is 0 Å². The van der Waals surface area contributed by atoms with Gasteiger partial charge in [-0.05, 0) is 56.6 Å². The third-order valence-corrected chi connectivity index (χ3v) is 6.69. The lowest BCUT2D eigenvalue weighted by Crippen LogP contribution is -2.46. The number of hydrogen-bond acceptors (Lipinski definition) is 5. The standard InChI is InChI=1S/C23H26FN3O2S/c1-17(28)18-8-9-21-22(16-18)30-23(29)27(21)11-5-4-10-25-12-14-26(15-13-25)20-7-3-2-6-19(20)24/h2-3,6-9,16H,4-5,10-15H2,1H3. The number of fused-ring (bicyclic) bond motifs is 1. The first-order chi connectivity index (χ1) is 14.5. The van der Waals surface area contributed by atoms with Crippen LogP contribution < -0.4 is 9.77 Å². The van der Waals surface area contributed by atoms with E-state index in [4.69, 9.17) is 0 Å². The zero-order chi connectivity index (χ0) is 21.1. The number of hydrogen-bond donors (Lipinski definition) is 0. The Hall–Kier alpha value is -2.51. The fourth-order valence-corrected chi connectivity index (χ4v) is 4.98. The smallest absolute Gasteiger partial charge is 0.308 e. The molecule has 0 saturated carbocycles. The predicted octanol–water partition coefficient (Wildman–Crippen LogP) is 4.01. The molecular formula is C23H26FN3O2S. The van der Waals surface area contributed by atoms with E-state index in [0.29, 0.717) is 17.8 Å². The molecule has 0 spiro atoms. The van der Waals surface area contributed by atoms with Crippen LogP contribution in [-0.2, 0) is 6.54 Å². The number of ketones is 1.